The standard InChI is InChI=1S/C21H25FN2O5S/c1-14(17-13-16(28-2)7-9-19(17)29-3)23-21(25)15-6-8-18(22)20(12-15)30(26,27)24-10-4-5-11-24/h6-9,12-14H,4-5,10-11H2,1-3H3,(H,23,25). The molecule has 0 radical (unpaired) electrons. The molecule has 1 N–H and O–H groups in total. The van der Waals surface area contributed by atoms with Crippen LogP contribution in [0.3, 0.4) is 0 Å². The van der Waals surface area contributed by atoms with Gasteiger partial charge in [0.25, 0.3) is 5.91 Å². The summed E-state index contributed by atoms with van der Waals surface area (Å²) in [5, 5.41) is 2.80. The first-order valence-corrected chi connectivity index (χ1v) is 11.0. The third kappa shape index (κ3) is 4.41. The van der Waals surface area contributed by atoms with E-state index in [9.17, 15) is 17.6 Å². The van der Waals surface area contributed by atoms with E-state index in [2.05, 4.69) is 5.32 Å². The van der Waals surface area contributed by atoms with Gasteiger partial charge in [0.1, 0.15) is 22.2 Å². The van der Waals surface area contributed by atoms with Gasteiger partial charge in [0, 0.05) is 24.2 Å². The molecule has 0 aliphatic carbocycles. The third-order valence-corrected chi connectivity index (χ3v) is 7.04. The summed E-state index contributed by atoms with van der Waals surface area (Å²) in [5.74, 6) is -0.223. The number of hydrogen-bond donors (Lipinski definition) is 1. The van der Waals surface area contributed by atoms with E-state index < -0.39 is 32.7 Å². The van der Waals surface area contributed by atoms with Crippen LogP contribution in [0.15, 0.2) is 41.3 Å². The monoisotopic (exact) mass is 436 g/mol. The summed E-state index contributed by atoms with van der Waals surface area (Å²) in [4.78, 5) is 12.3. The molecule has 1 amide bonds. The number of hydrogen-bond acceptors (Lipinski definition) is 5. The zero-order valence-corrected chi connectivity index (χ0v) is 18.0. The molecule has 0 bridgehead atoms. The number of carbonyl (C=O) groups is 1. The van der Waals surface area contributed by atoms with Gasteiger partial charge in [-0.25, -0.2) is 12.8 Å². The SMILES string of the molecule is COc1ccc(OC)c(C(C)NC(=O)c2ccc(F)c(S(=O)(=O)N3CCCC3)c2)c1. The second-order valence-electron chi connectivity index (χ2n) is 7.06. The Hall–Kier alpha value is -2.65. The average molecular weight is 437 g/mol. The fourth-order valence-corrected chi connectivity index (χ4v) is 5.05. The Morgan fingerprint density at radius 1 is 1.10 bits per heavy atom. The molecule has 2 aromatic rings. The van der Waals surface area contributed by atoms with Crippen molar-refractivity contribution in [3.63, 3.8) is 0 Å². The molecule has 1 aliphatic heterocycles. The molecule has 9 heteroatoms. The van der Waals surface area contributed by atoms with Gasteiger partial charge in [-0.15, -0.1) is 0 Å². The highest BCUT2D eigenvalue weighted by molar-refractivity contribution is 7.89. The van der Waals surface area contributed by atoms with Crippen molar-refractivity contribution in [3.05, 3.63) is 53.3 Å². The topological polar surface area (TPSA) is 84.9 Å². The minimum atomic E-state index is -3.98. The lowest BCUT2D eigenvalue weighted by Gasteiger charge is -2.19. The molecule has 0 saturated carbocycles. The van der Waals surface area contributed by atoms with E-state index in [4.69, 9.17) is 9.47 Å². The van der Waals surface area contributed by atoms with Gasteiger partial charge in [-0.2, -0.15) is 4.31 Å². The zero-order chi connectivity index (χ0) is 21.9. The van der Waals surface area contributed by atoms with E-state index in [1.165, 1.54) is 24.6 Å². The van der Waals surface area contributed by atoms with E-state index in [0.717, 1.165) is 25.0 Å². The minimum absolute atomic E-state index is 0.0582. The summed E-state index contributed by atoms with van der Waals surface area (Å²) in [6.45, 7) is 2.47. The molecule has 1 fully saturated rings. The van der Waals surface area contributed by atoms with Gasteiger partial charge in [-0.1, -0.05) is 0 Å². The Balaban J connectivity index is 1.86. The maximum Gasteiger partial charge on any atom is 0.251 e. The highest BCUT2D eigenvalue weighted by Gasteiger charge is 2.30. The number of benzene rings is 2. The third-order valence-electron chi connectivity index (χ3n) is 5.13. The number of sulfonamides is 1. The number of methoxy groups -OCH3 is 2. The van der Waals surface area contributed by atoms with Crippen molar-refractivity contribution in [3.8, 4) is 11.5 Å². The molecule has 1 atom stereocenters. The highest BCUT2D eigenvalue weighted by atomic mass is 32.2. The van der Waals surface area contributed by atoms with Crippen molar-refractivity contribution in [1.29, 1.82) is 0 Å². The van der Waals surface area contributed by atoms with Crippen LogP contribution in [0.4, 0.5) is 4.39 Å². The first-order chi connectivity index (χ1) is 14.3. The molecule has 7 nitrogen and oxygen atoms in total. The molecule has 3 rings (SSSR count). The first kappa shape index (κ1) is 22.0. The summed E-state index contributed by atoms with van der Waals surface area (Å²) in [5.41, 5.74) is 0.750. The van der Waals surface area contributed by atoms with Gasteiger partial charge in [-0.3, -0.25) is 4.79 Å². The Bertz CT molecular complexity index is 1040. The summed E-state index contributed by atoms with van der Waals surface area (Å²) >= 11 is 0. The average Bonchev–Trinajstić information content (AvgIpc) is 3.29. The fraction of sp³-hybridized carbons (Fsp3) is 0.381. The van der Waals surface area contributed by atoms with Crippen LogP contribution in [0.1, 0.15) is 41.7 Å². The predicted molar refractivity (Wildman–Crippen MR) is 110 cm³/mol. The van der Waals surface area contributed by atoms with Gasteiger partial charge in [0.2, 0.25) is 10.0 Å². The summed E-state index contributed by atoms with van der Waals surface area (Å²) in [6, 6.07) is 8.12. The van der Waals surface area contributed by atoms with Gasteiger partial charge in [-0.05, 0) is 56.2 Å². The molecule has 1 saturated heterocycles. The zero-order valence-electron chi connectivity index (χ0n) is 17.1. The number of amides is 1. The first-order valence-electron chi connectivity index (χ1n) is 9.60. The number of halogens is 1. The van der Waals surface area contributed by atoms with Crippen LogP contribution in [0.5, 0.6) is 11.5 Å². The number of rotatable bonds is 7. The molecule has 0 aromatic heterocycles. The minimum Gasteiger partial charge on any atom is -0.497 e. The van der Waals surface area contributed by atoms with Crippen LogP contribution < -0.4 is 14.8 Å². The maximum atomic E-state index is 14.3. The van der Waals surface area contributed by atoms with E-state index in [1.807, 2.05) is 0 Å². The van der Waals surface area contributed by atoms with Crippen LogP contribution in [0, 0.1) is 5.82 Å². The summed E-state index contributed by atoms with van der Waals surface area (Å²) < 4.78 is 51.7. The number of carbonyl (C=O) groups excluding carboxylic acids is 1. The predicted octanol–water partition coefficient (Wildman–Crippen LogP) is 3.12. The van der Waals surface area contributed by atoms with Gasteiger partial charge in [0.05, 0.1) is 20.3 Å². The fourth-order valence-electron chi connectivity index (χ4n) is 3.45. The number of nitrogens with zero attached hydrogens (tertiary/aromatic N) is 1. The number of ether oxygens (including phenoxy) is 2. The molecule has 30 heavy (non-hydrogen) atoms. The van der Waals surface area contributed by atoms with Crippen molar-refractivity contribution in [2.75, 3.05) is 27.3 Å². The van der Waals surface area contributed by atoms with Crippen LogP contribution >= 0.6 is 0 Å². The molecule has 1 unspecified atom stereocenters. The quantitative estimate of drug-likeness (QED) is 0.721. The second-order valence-corrected chi connectivity index (χ2v) is 8.97. The Labute approximate surface area is 175 Å². The van der Waals surface area contributed by atoms with E-state index >= 15 is 0 Å². The van der Waals surface area contributed by atoms with E-state index in [1.54, 1.807) is 25.1 Å². The van der Waals surface area contributed by atoms with E-state index in [-0.39, 0.29) is 5.56 Å². The van der Waals surface area contributed by atoms with Gasteiger partial charge in [0.15, 0.2) is 0 Å². The van der Waals surface area contributed by atoms with Gasteiger partial charge < -0.3 is 14.8 Å². The van der Waals surface area contributed by atoms with Crippen LogP contribution in [0.2, 0.25) is 0 Å². The van der Waals surface area contributed by atoms with Crippen LogP contribution in [-0.4, -0.2) is 45.9 Å². The second kappa shape index (κ2) is 9.01. The van der Waals surface area contributed by atoms with Crippen molar-refractivity contribution in [2.24, 2.45) is 0 Å². The Morgan fingerprint density at radius 2 is 1.80 bits per heavy atom. The maximum absolute atomic E-state index is 14.3. The van der Waals surface area contributed by atoms with Crippen LogP contribution in [0.25, 0.3) is 0 Å². The largest absolute Gasteiger partial charge is 0.497 e. The lowest BCUT2D eigenvalue weighted by molar-refractivity contribution is 0.0939. The lowest BCUT2D eigenvalue weighted by Crippen LogP contribution is -2.30. The van der Waals surface area contributed by atoms with Crippen molar-refractivity contribution in [1.82, 2.24) is 9.62 Å². The molecule has 162 valence electrons. The molecule has 1 heterocycles. The summed E-state index contributed by atoms with van der Waals surface area (Å²) in [6.07, 6.45) is 1.47. The van der Waals surface area contributed by atoms with Crippen molar-refractivity contribution in [2.45, 2.75) is 30.7 Å². The molecule has 1 aliphatic rings. The molecule has 2 aromatic carbocycles. The van der Waals surface area contributed by atoms with Crippen LogP contribution in [-0.2, 0) is 10.0 Å². The van der Waals surface area contributed by atoms with Crippen molar-refractivity contribution < 1.29 is 27.1 Å². The lowest BCUT2D eigenvalue weighted by atomic mass is 10.1. The Kier molecular flexibility index (Phi) is 6.62. The Morgan fingerprint density at radius 3 is 2.43 bits per heavy atom. The van der Waals surface area contributed by atoms with Crippen molar-refractivity contribution >= 4 is 15.9 Å². The van der Waals surface area contributed by atoms with E-state index in [0.29, 0.717) is 30.2 Å². The molecular formula is C21H25FN2O5S. The smallest absolute Gasteiger partial charge is 0.251 e. The summed E-state index contributed by atoms with van der Waals surface area (Å²) in [7, 11) is -0.923. The normalized spacial score (nSPS) is 15.6. The molecular weight excluding hydrogens is 411 g/mol. The van der Waals surface area contributed by atoms with Gasteiger partial charge >= 0.3 is 0 Å². The number of nitrogens with one attached hydrogen (secondary N) is 1. The molecule has 0 spiro atoms. The highest BCUT2D eigenvalue weighted by Crippen LogP contribution is 2.30.